The molecule has 1 aromatic carbocycles. The first-order chi connectivity index (χ1) is 16.3. The summed E-state index contributed by atoms with van der Waals surface area (Å²) in [5, 5.41) is 24.8. The Balaban J connectivity index is 1.45. The lowest BCUT2D eigenvalue weighted by atomic mass is 10.1. The van der Waals surface area contributed by atoms with E-state index in [-0.39, 0.29) is 28.6 Å². The lowest BCUT2D eigenvalue weighted by Crippen LogP contribution is -2.41. The third-order valence-corrected chi connectivity index (χ3v) is 5.99. The molecule has 10 nitrogen and oxygen atoms in total. The average molecular weight is 497 g/mol. The summed E-state index contributed by atoms with van der Waals surface area (Å²) < 4.78 is 28.7. The van der Waals surface area contributed by atoms with Gasteiger partial charge in [-0.1, -0.05) is 12.1 Å². The Hall–Kier alpha value is -2.80. The Kier molecular flexibility index (Phi) is 9.57. The summed E-state index contributed by atoms with van der Waals surface area (Å²) in [4.78, 5) is 26.0. The van der Waals surface area contributed by atoms with Crippen LogP contribution in [0.5, 0.6) is 5.88 Å². The van der Waals surface area contributed by atoms with Crippen molar-refractivity contribution < 1.29 is 33.7 Å². The first-order valence-corrected chi connectivity index (χ1v) is 11.7. The molecule has 1 aromatic heterocycles. The number of morpholine rings is 1. The molecule has 0 saturated carbocycles. The van der Waals surface area contributed by atoms with Crippen molar-refractivity contribution in [1.29, 1.82) is 0 Å². The van der Waals surface area contributed by atoms with E-state index in [1.807, 2.05) is 0 Å². The van der Waals surface area contributed by atoms with Crippen LogP contribution in [0.3, 0.4) is 0 Å². The van der Waals surface area contributed by atoms with Crippen molar-refractivity contribution in [3.05, 3.63) is 40.7 Å². The normalized spacial score (nSPS) is 15.0. The van der Waals surface area contributed by atoms with Crippen LogP contribution in [0, 0.1) is 12.7 Å². The first kappa shape index (κ1) is 25.8. The number of hydrogen-bond acceptors (Lipinski definition) is 8. The molecule has 2 heterocycles. The zero-order valence-electron chi connectivity index (χ0n) is 18.9. The number of aromatic carboxylic acids is 1. The number of nitrogens with one attached hydrogen (secondary N) is 2. The van der Waals surface area contributed by atoms with Crippen LogP contribution >= 0.6 is 11.5 Å². The molecule has 12 heteroatoms. The number of β-amino-alcohol motifs (C(OH)–C–C–N with tert-alkyl or cyclic N) is 1. The van der Waals surface area contributed by atoms with E-state index in [1.54, 1.807) is 19.1 Å². The molecular formula is C22H29FN4O6S. The second-order valence-corrected chi connectivity index (χ2v) is 8.74. The number of halogens is 1. The lowest BCUT2D eigenvalue weighted by molar-refractivity contribution is 0.0129. The average Bonchev–Trinajstić information content (AvgIpc) is 3.19. The zero-order valence-corrected chi connectivity index (χ0v) is 19.7. The maximum atomic E-state index is 14.0. The number of aliphatic hydroxyl groups is 1. The zero-order chi connectivity index (χ0) is 24.5. The van der Waals surface area contributed by atoms with Gasteiger partial charge in [0.05, 0.1) is 19.3 Å². The highest BCUT2D eigenvalue weighted by Crippen LogP contribution is 2.31. The van der Waals surface area contributed by atoms with Crippen LogP contribution in [-0.4, -0.2) is 77.0 Å². The number of aryl methyl sites for hydroxylation is 1. The third kappa shape index (κ3) is 7.62. The number of carboxylic acid groups (broad SMARTS) is 1. The molecule has 4 N–H and O–H groups in total. The van der Waals surface area contributed by atoms with Crippen LogP contribution in [0.25, 0.3) is 0 Å². The monoisotopic (exact) mass is 496 g/mol. The van der Waals surface area contributed by atoms with E-state index in [1.165, 1.54) is 6.07 Å². The number of aliphatic hydroxyl groups excluding tert-OH is 1. The summed E-state index contributed by atoms with van der Waals surface area (Å²) in [5.74, 6) is -1.98. The number of urea groups is 1. The minimum Gasteiger partial charge on any atom is -0.477 e. The predicted octanol–water partition coefficient (Wildman–Crippen LogP) is 2.46. The second-order valence-electron chi connectivity index (χ2n) is 7.97. The molecular weight excluding hydrogens is 467 g/mol. The van der Waals surface area contributed by atoms with E-state index in [0.29, 0.717) is 39.1 Å². The van der Waals surface area contributed by atoms with E-state index in [2.05, 4.69) is 19.9 Å². The van der Waals surface area contributed by atoms with Crippen LogP contribution < -0.4 is 15.4 Å². The summed E-state index contributed by atoms with van der Waals surface area (Å²) in [7, 11) is 0. The van der Waals surface area contributed by atoms with E-state index < -0.39 is 23.9 Å². The molecule has 1 aliphatic heterocycles. The van der Waals surface area contributed by atoms with Crippen molar-refractivity contribution >= 4 is 28.5 Å². The molecule has 1 atom stereocenters. The van der Waals surface area contributed by atoms with Crippen LogP contribution in [0.4, 0.5) is 14.2 Å². The largest absolute Gasteiger partial charge is 0.477 e. The smallest absolute Gasteiger partial charge is 0.344 e. The van der Waals surface area contributed by atoms with Gasteiger partial charge in [0.1, 0.15) is 17.4 Å². The number of rotatable bonds is 11. The third-order valence-electron chi connectivity index (χ3n) is 5.25. The van der Waals surface area contributed by atoms with Gasteiger partial charge in [-0.05, 0) is 42.9 Å². The van der Waals surface area contributed by atoms with Crippen molar-refractivity contribution in [3.63, 3.8) is 0 Å². The van der Waals surface area contributed by atoms with Crippen LogP contribution in [0.2, 0.25) is 0 Å². The van der Waals surface area contributed by atoms with Crippen molar-refractivity contribution in [2.24, 2.45) is 0 Å². The summed E-state index contributed by atoms with van der Waals surface area (Å²) in [6.45, 7) is 5.35. The summed E-state index contributed by atoms with van der Waals surface area (Å²) in [6, 6.07) is 4.04. The van der Waals surface area contributed by atoms with Crippen molar-refractivity contribution in [2.75, 3.05) is 44.7 Å². The second kappa shape index (κ2) is 12.6. The predicted molar refractivity (Wildman–Crippen MR) is 124 cm³/mol. The Morgan fingerprint density at radius 1 is 1.35 bits per heavy atom. The van der Waals surface area contributed by atoms with Crippen LogP contribution in [-0.2, 0) is 11.3 Å². The van der Waals surface area contributed by atoms with Crippen molar-refractivity contribution in [1.82, 2.24) is 14.6 Å². The summed E-state index contributed by atoms with van der Waals surface area (Å²) in [5.41, 5.74) is 0.719. The molecule has 1 unspecified atom stereocenters. The first-order valence-electron chi connectivity index (χ1n) is 11.0. The minimum absolute atomic E-state index is 0.0109. The van der Waals surface area contributed by atoms with Crippen molar-refractivity contribution in [2.45, 2.75) is 32.5 Å². The fraction of sp³-hybridized carbons (Fsp3) is 0.500. The molecule has 0 aliphatic carbocycles. The van der Waals surface area contributed by atoms with Gasteiger partial charge in [-0.15, -0.1) is 0 Å². The topological polar surface area (TPSA) is 133 Å². The number of carboxylic acids is 1. The Morgan fingerprint density at radius 2 is 2.12 bits per heavy atom. The fourth-order valence-corrected chi connectivity index (χ4v) is 4.15. The van der Waals surface area contributed by atoms with Crippen LogP contribution in [0.15, 0.2) is 18.2 Å². The molecule has 2 amide bonds. The number of carbonyl (C=O) groups is 2. The van der Waals surface area contributed by atoms with Gasteiger partial charge < -0.3 is 25.0 Å². The van der Waals surface area contributed by atoms with Gasteiger partial charge >= 0.3 is 12.0 Å². The standard InChI is InChI=1S/C22H29FN4O6S/c1-14-4-5-15(17(23)11-14)13-33-19-18(21(29)30)20(34-26-19)25-22(31)24-6-2-3-16(28)12-27-7-9-32-10-8-27/h4-5,11,16,28H,2-3,6-10,12-13H2,1H3,(H,29,30)(H2,24,25,31). The van der Waals surface area contributed by atoms with Gasteiger partial charge in [0.2, 0.25) is 5.88 Å². The van der Waals surface area contributed by atoms with Gasteiger partial charge in [0, 0.05) is 31.7 Å². The fourth-order valence-electron chi connectivity index (χ4n) is 3.42. The number of nitrogens with zero attached hydrogens (tertiary/aromatic N) is 2. The molecule has 0 spiro atoms. The Morgan fingerprint density at radius 3 is 2.82 bits per heavy atom. The highest BCUT2D eigenvalue weighted by Gasteiger charge is 2.24. The molecule has 34 heavy (non-hydrogen) atoms. The van der Waals surface area contributed by atoms with E-state index in [9.17, 15) is 24.2 Å². The summed E-state index contributed by atoms with van der Waals surface area (Å²) >= 11 is 0.761. The number of hydrogen-bond donors (Lipinski definition) is 4. The van der Waals surface area contributed by atoms with E-state index >= 15 is 0 Å². The number of benzene rings is 1. The van der Waals surface area contributed by atoms with Crippen molar-refractivity contribution in [3.8, 4) is 5.88 Å². The highest BCUT2D eigenvalue weighted by molar-refractivity contribution is 7.11. The number of amides is 2. The maximum absolute atomic E-state index is 14.0. The molecule has 186 valence electrons. The lowest BCUT2D eigenvalue weighted by Gasteiger charge is -2.28. The number of anilines is 1. The van der Waals surface area contributed by atoms with E-state index in [0.717, 1.165) is 30.2 Å². The molecule has 1 aliphatic rings. The Bertz CT molecular complexity index is 982. The van der Waals surface area contributed by atoms with Gasteiger partial charge in [-0.25, -0.2) is 14.0 Å². The molecule has 1 saturated heterocycles. The highest BCUT2D eigenvalue weighted by atomic mass is 32.1. The minimum atomic E-state index is -1.32. The van der Waals surface area contributed by atoms with Gasteiger partial charge in [0.25, 0.3) is 0 Å². The van der Waals surface area contributed by atoms with Gasteiger partial charge in [0.15, 0.2) is 5.56 Å². The maximum Gasteiger partial charge on any atom is 0.344 e. The molecule has 0 radical (unpaired) electrons. The molecule has 1 fully saturated rings. The number of aromatic nitrogens is 1. The molecule has 0 bridgehead atoms. The van der Waals surface area contributed by atoms with E-state index in [4.69, 9.17) is 9.47 Å². The molecule has 2 aromatic rings. The van der Waals surface area contributed by atoms with Gasteiger partial charge in [-0.2, -0.15) is 4.37 Å². The van der Waals surface area contributed by atoms with Crippen LogP contribution in [0.1, 0.15) is 34.3 Å². The van der Waals surface area contributed by atoms with Gasteiger partial charge in [-0.3, -0.25) is 10.2 Å². The SMILES string of the molecule is Cc1ccc(COc2nsc(NC(=O)NCCCC(O)CN3CCOCC3)c2C(=O)O)c(F)c1. The Labute approximate surface area is 200 Å². The summed E-state index contributed by atoms with van der Waals surface area (Å²) in [6.07, 6.45) is 0.580. The number of carbonyl (C=O) groups excluding carboxylic acids is 1. The molecule has 3 rings (SSSR count). The quantitative estimate of drug-likeness (QED) is 0.349. The number of ether oxygens (including phenoxy) is 2.